The number of ether oxygens (including phenoxy) is 1. The molecule has 2 unspecified atom stereocenters. The highest BCUT2D eigenvalue weighted by atomic mass is 16.5. The maximum absolute atomic E-state index is 6.00. The molecular weight excluding hydrogens is 216 g/mol. The fraction of sp³-hybridized carbons (Fsp3) is 0.583. The molecule has 0 aromatic carbocycles. The molecule has 0 saturated carbocycles. The van der Waals surface area contributed by atoms with E-state index in [1.807, 2.05) is 0 Å². The largest absolute Gasteiger partial charge is 0.397 e. The molecule has 17 heavy (non-hydrogen) atoms. The minimum atomic E-state index is 0.355. The summed E-state index contributed by atoms with van der Waals surface area (Å²) >= 11 is 0. The molecule has 1 fully saturated rings. The second-order valence-corrected chi connectivity index (χ2v) is 4.62. The molecule has 4 N–H and O–H groups in total. The van der Waals surface area contributed by atoms with E-state index >= 15 is 0 Å². The molecule has 5 heteroatoms. The van der Waals surface area contributed by atoms with Gasteiger partial charge in [0.25, 0.3) is 0 Å². The first-order valence-electron chi connectivity index (χ1n) is 5.91. The minimum absolute atomic E-state index is 0.355. The van der Waals surface area contributed by atoms with Crippen molar-refractivity contribution < 1.29 is 4.74 Å². The molecule has 0 radical (unpaired) electrons. The van der Waals surface area contributed by atoms with Crippen LogP contribution in [0.1, 0.15) is 19.8 Å². The molecule has 1 aliphatic heterocycles. The van der Waals surface area contributed by atoms with Crippen molar-refractivity contribution in [2.45, 2.75) is 31.8 Å². The van der Waals surface area contributed by atoms with Crippen LogP contribution in [-0.2, 0) is 4.74 Å². The van der Waals surface area contributed by atoms with Crippen LogP contribution in [0.15, 0.2) is 12.3 Å². The van der Waals surface area contributed by atoms with Crippen LogP contribution in [0.4, 0.5) is 17.2 Å². The van der Waals surface area contributed by atoms with Gasteiger partial charge in [0.15, 0.2) is 5.82 Å². The first kappa shape index (κ1) is 12.0. The number of rotatable bonds is 3. The molecule has 0 aliphatic carbocycles. The van der Waals surface area contributed by atoms with E-state index < -0.39 is 0 Å². The summed E-state index contributed by atoms with van der Waals surface area (Å²) in [6.07, 6.45) is 3.90. The zero-order valence-electron chi connectivity index (χ0n) is 10.4. The lowest BCUT2D eigenvalue weighted by atomic mass is 10.2. The third kappa shape index (κ3) is 2.29. The predicted octanol–water partition coefficient (Wildman–Crippen LogP) is 1.25. The predicted molar refractivity (Wildman–Crippen MR) is 69.9 cm³/mol. The van der Waals surface area contributed by atoms with E-state index in [1.165, 1.54) is 0 Å². The fourth-order valence-electron chi connectivity index (χ4n) is 2.52. The fourth-order valence-corrected chi connectivity index (χ4v) is 2.52. The van der Waals surface area contributed by atoms with E-state index in [0.717, 1.165) is 18.7 Å². The molecule has 0 spiro atoms. The lowest BCUT2D eigenvalue weighted by molar-refractivity contribution is 0.180. The highest BCUT2D eigenvalue weighted by Crippen LogP contribution is 2.33. The van der Waals surface area contributed by atoms with E-state index in [2.05, 4.69) is 16.8 Å². The Morgan fingerprint density at radius 1 is 1.47 bits per heavy atom. The summed E-state index contributed by atoms with van der Waals surface area (Å²) in [6, 6.07) is 2.55. The van der Waals surface area contributed by atoms with Gasteiger partial charge in [0.2, 0.25) is 0 Å². The van der Waals surface area contributed by atoms with Crippen molar-refractivity contribution in [1.82, 2.24) is 4.98 Å². The van der Waals surface area contributed by atoms with E-state index in [4.69, 9.17) is 16.2 Å². The van der Waals surface area contributed by atoms with Crippen molar-refractivity contribution >= 4 is 17.2 Å². The average Bonchev–Trinajstić information content (AvgIpc) is 2.62. The molecule has 1 saturated heterocycles. The molecule has 2 atom stereocenters. The third-order valence-corrected chi connectivity index (χ3v) is 3.31. The Bertz CT molecular complexity index is 394. The number of pyridine rings is 1. The zero-order chi connectivity index (χ0) is 12.4. The highest BCUT2D eigenvalue weighted by Gasteiger charge is 2.32. The molecule has 2 rings (SSSR count). The molecule has 1 aromatic rings. The van der Waals surface area contributed by atoms with Crippen molar-refractivity contribution in [2.24, 2.45) is 0 Å². The number of nitrogens with two attached hydrogens (primary N) is 2. The van der Waals surface area contributed by atoms with Crippen LogP contribution in [0.3, 0.4) is 0 Å². The van der Waals surface area contributed by atoms with Gasteiger partial charge in [-0.05, 0) is 25.8 Å². The summed E-state index contributed by atoms with van der Waals surface area (Å²) in [7, 11) is 1.72. The van der Waals surface area contributed by atoms with Crippen LogP contribution in [0.5, 0.6) is 0 Å². The van der Waals surface area contributed by atoms with Crippen LogP contribution < -0.4 is 16.4 Å². The van der Waals surface area contributed by atoms with Gasteiger partial charge in [-0.3, -0.25) is 0 Å². The smallest absolute Gasteiger partial charge is 0.152 e. The Labute approximate surface area is 102 Å². The number of methoxy groups -OCH3 is 1. The van der Waals surface area contributed by atoms with Crippen LogP contribution in [0.25, 0.3) is 0 Å². The quantitative estimate of drug-likeness (QED) is 0.826. The summed E-state index contributed by atoms with van der Waals surface area (Å²) < 4.78 is 5.25. The van der Waals surface area contributed by atoms with Gasteiger partial charge in [0, 0.05) is 13.2 Å². The summed E-state index contributed by atoms with van der Waals surface area (Å²) in [5, 5.41) is 0. The first-order valence-corrected chi connectivity index (χ1v) is 5.91. The number of hydrogen-bond acceptors (Lipinski definition) is 5. The monoisotopic (exact) mass is 236 g/mol. The Morgan fingerprint density at radius 2 is 2.24 bits per heavy atom. The molecule has 0 amide bonds. The molecule has 94 valence electrons. The number of aromatic nitrogens is 1. The van der Waals surface area contributed by atoms with Crippen LogP contribution in [0.2, 0.25) is 0 Å². The number of hydrogen-bond donors (Lipinski definition) is 2. The topological polar surface area (TPSA) is 77.4 Å². The first-order chi connectivity index (χ1) is 8.13. The molecule has 1 aliphatic rings. The Kier molecular flexibility index (Phi) is 3.38. The lowest BCUT2D eigenvalue weighted by Gasteiger charge is -2.30. The number of anilines is 3. The van der Waals surface area contributed by atoms with Gasteiger partial charge in [0.05, 0.1) is 30.2 Å². The minimum Gasteiger partial charge on any atom is -0.397 e. The van der Waals surface area contributed by atoms with E-state index in [1.54, 1.807) is 19.4 Å². The van der Waals surface area contributed by atoms with Crippen molar-refractivity contribution in [3.05, 3.63) is 12.3 Å². The summed E-state index contributed by atoms with van der Waals surface area (Å²) in [5.74, 6) is 0.825. The van der Waals surface area contributed by atoms with E-state index in [-0.39, 0.29) is 0 Å². The normalized spacial score (nSPS) is 24.2. The van der Waals surface area contributed by atoms with Gasteiger partial charge in [-0.25, -0.2) is 4.98 Å². The van der Waals surface area contributed by atoms with Crippen LogP contribution in [0, 0.1) is 0 Å². The molecule has 1 aromatic heterocycles. The van der Waals surface area contributed by atoms with Gasteiger partial charge in [0.1, 0.15) is 0 Å². The summed E-state index contributed by atoms with van der Waals surface area (Å²) in [6.45, 7) is 2.89. The lowest BCUT2D eigenvalue weighted by Crippen LogP contribution is -2.38. The molecular formula is C12H20N4O. The molecule has 5 nitrogen and oxygen atoms in total. The maximum atomic E-state index is 6.00. The van der Waals surface area contributed by atoms with Gasteiger partial charge in [-0.15, -0.1) is 0 Å². The Hall–Kier alpha value is -1.49. The van der Waals surface area contributed by atoms with Crippen molar-refractivity contribution in [2.75, 3.05) is 30.1 Å². The van der Waals surface area contributed by atoms with E-state index in [0.29, 0.717) is 30.1 Å². The van der Waals surface area contributed by atoms with Gasteiger partial charge in [-0.2, -0.15) is 0 Å². The number of nitrogen functional groups attached to an aromatic ring is 2. The maximum Gasteiger partial charge on any atom is 0.152 e. The van der Waals surface area contributed by atoms with Crippen molar-refractivity contribution in [3.8, 4) is 0 Å². The second kappa shape index (κ2) is 4.79. The third-order valence-electron chi connectivity index (χ3n) is 3.31. The zero-order valence-corrected chi connectivity index (χ0v) is 10.4. The summed E-state index contributed by atoms with van der Waals surface area (Å²) in [5.41, 5.74) is 12.9. The van der Waals surface area contributed by atoms with Crippen LogP contribution in [-0.4, -0.2) is 30.8 Å². The van der Waals surface area contributed by atoms with Crippen molar-refractivity contribution in [1.29, 1.82) is 0 Å². The van der Waals surface area contributed by atoms with Crippen molar-refractivity contribution in [3.63, 3.8) is 0 Å². The summed E-state index contributed by atoms with van der Waals surface area (Å²) in [4.78, 5) is 6.61. The number of nitrogens with zero attached hydrogens (tertiary/aromatic N) is 2. The average molecular weight is 236 g/mol. The Balaban J connectivity index is 2.29. The second-order valence-electron chi connectivity index (χ2n) is 4.62. The standard InChI is InChI=1S/C12H20N4O/c1-8-3-4-10(7-17-2)16(8)12-11(14)5-9(13)6-15-12/h5-6,8,10H,3-4,7,13-14H2,1-2H3. The molecule has 0 bridgehead atoms. The van der Waals surface area contributed by atoms with Gasteiger partial charge < -0.3 is 21.1 Å². The Morgan fingerprint density at radius 3 is 2.88 bits per heavy atom. The van der Waals surface area contributed by atoms with Crippen LogP contribution >= 0.6 is 0 Å². The van der Waals surface area contributed by atoms with Gasteiger partial charge >= 0.3 is 0 Å². The molecule has 2 heterocycles. The van der Waals surface area contributed by atoms with E-state index in [9.17, 15) is 0 Å². The SMILES string of the molecule is COCC1CCC(C)N1c1ncc(N)cc1N. The highest BCUT2D eigenvalue weighted by molar-refractivity contribution is 5.68. The van der Waals surface area contributed by atoms with Gasteiger partial charge in [-0.1, -0.05) is 0 Å².